The molecule has 2 aromatic rings. The molecule has 0 amide bonds. The monoisotopic (exact) mass is 206 g/mol. The molecule has 0 radical (unpaired) electrons. The molecular formula is C11H14N2O2. The molecule has 15 heavy (non-hydrogen) atoms. The first-order chi connectivity index (χ1) is 7.33. The lowest BCUT2D eigenvalue weighted by Gasteiger charge is -1.98. The zero-order valence-electron chi connectivity index (χ0n) is 8.93. The molecule has 2 heterocycles. The number of imidazole rings is 1. The maximum Gasteiger partial charge on any atom is 0.140 e. The summed E-state index contributed by atoms with van der Waals surface area (Å²) in [4.78, 5) is 4.46. The maximum absolute atomic E-state index is 5.13. The summed E-state index contributed by atoms with van der Waals surface area (Å²) in [5.74, 6) is 0.825. The number of hydrogen-bond acceptors (Lipinski definition) is 3. The standard InChI is InChI=1S/C11H14N2O2/c1-14-6-4-9-8-13-5-3-10(15-2)7-11(13)12-9/h3,5,7-8H,4,6H2,1-2H3. The Labute approximate surface area is 88.5 Å². The predicted octanol–water partition coefficient (Wildman–Crippen LogP) is 1.53. The van der Waals surface area contributed by atoms with Gasteiger partial charge in [0.05, 0.1) is 19.4 Å². The molecule has 0 saturated carbocycles. The number of nitrogens with zero attached hydrogens (tertiary/aromatic N) is 2. The highest BCUT2D eigenvalue weighted by Crippen LogP contribution is 2.14. The van der Waals surface area contributed by atoms with Crippen molar-refractivity contribution < 1.29 is 9.47 Å². The van der Waals surface area contributed by atoms with Crippen molar-refractivity contribution >= 4 is 5.65 Å². The van der Waals surface area contributed by atoms with Gasteiger partial charge in [0.2, 0.25) is 0 Å². The van der Waals surface area contributed by atoms with Crippen LogP contribution in [0.4, 0.5) is 0 Å². The van der Waals surface area contributed by atoms with Gasteiger partial charge in [0.1, 0.15) is 11.4 Å². The Morgan fingerprint density at radius 1 is 1.40 bits per heavy atom. The predicted molar refractivity (Wildman–Crippen MR) is 57.3 cm³/mol. The molecule has 0 bridgehead atoms. The van der Waals surface area contributed by atoms with Crippen molar-refractivity contribution in [1.82, 2.24) is 9.38 Å². The molecule has 0 spiro atoms. The molecule has 4 nitrogen and oxygen atoms in total. The van der Waals surface area contributed by atoms with Crippen LogP contribution in [0, 0.1) is 0 Å². The quantitative estimate of drug-likeness (QED) is 0.761. The van der Waals surface area contributed by atoms with Crippen molar-refractivity contribution in [2.45, 2.75) is 6.42 Å². The minimum absolute atomic E-state index is 0.695. The highest BCUT2D eigenvalue weighted by molar-refractivity contribution is 5.45. The van der Waals surface area contributed by atoms with Crippen LogP contribution in [-0.2, 0) is 11.2 Å². The van der Waals surface area contributed by atoms with Gasteiger partial charge in [-0.2, -0.15) is 0 Å². The van der Waals surface area contributed by atoms with Crippen molar-refractivity contribution in [3.63, 3.8) is 0 Å². The van der Waals surface area contributed by atoms with Crippen molar-refractivity contribution in [2.24, 2.45) is 0 Å². The summed E-state index contributed by atoms with van der Waals surface area (Å²) in [5.41, 5.74) is 1.94. The molecule has 2 aromatic heterocycles. The molecule has 0 N–H and O–H groups in total. The molecule has 0 aliphatic rings. The van der Waals surface area contributed by atoms with E-state index in [1.165, 1.54) is 0 Å². The van der Waals surface area contributed by atoms with Gasteiger partial charge in [-0.3, -0.25) is 0 Å². The third kappa shape index (κ3) is 2.10. The minimum atomic E-state index is 0.695. The lowest BCUT2D eigenvalue weighted by Crippen LogP contribution is -1.93. The van der Waals surface area contributed by atoms with E-state index in [-0.39, 0.29) is 0 Å². The molecule has 0 fully saturated rings. The normalized spacial score (nSPS) is 10.8. The van der Waals surface area contributed by atoms with E-state index in [1.807, 2.05) is 28.9 Å². The lowest BCUT2D eigenvalue weighted by molar-refractivity contribution is 0.201. The van der Waals surface area contributed by atoms with E-state index >= 15 is 0 Å². The van der Waals surface area contributed by atoms with Crippen molar-refractivity contribution in [3.05, 3.63) is 30.2 Å². The summed E-state index contributed by atoms with van der Waals surface area (Å²) in [6.07, 6.45) is 4.78. The summed E-state index contributed by atoms with van der Waals surface area (Å²) in [6.45, 7) is 0.695. The van der Waals surface area contributed by atoms with Crippen LogP contribution in [-0.4, -0.2) is 30.2 Å². The van der Waals surface area contributed by atoms with E-state index in [2.05, 4.69) is 4.98 Å². The Kier molecular flexibility index (Phi) is 2.87. The van der Waals surface area contributed by atoms with Crippen LogP contribution >= 0.6 is 0 Å². The molecule has 4 heteroatoms. The second-order valence-electron chi connectivity index (χ2n) is 3.31. The Bertz CT molecular complexity index is 451. The van der Waals surface area contributed by atoms with Crippen LogP contribution in [0.3, 0.4) is 0 Å². The van der Waals surface area contributed by atoms with Gasteiger partial charge in [0.15, 0.2) is 0 Å². The van der Waals surface area contributed by atoms with Crippen molar-refractivity contribution in [3.8, 4) is 5.75 Å². The van der Waals surface area contributed by atoms with E-state index in [0.717, 1.165) is 23.5 Å². The van der Waals surface area contributed by atoms with Crippen LogP contribution < -0.4 is 4.74 Å². The molecule has 2 rings (SSSR count). The molecule has 0 aliphatic heterocycles. The summed E-state index contributed by atoms with van der Waals surface area (Å²) in [7, 11) is 3.35. The Morgan fingerprint density at radius 2 is 2.27 bits per heavy atom. The average molecular weight is 206 g/mol. The van der Waals surface area contributed by atoms with Crippen LogP contribution in [0.5, 0.6) is 5.75 Å². The van der Waals surface area contributed by atoms with E-state index in [4.69, 9.17) is 9.47 Å². The third-order valence-electron chi connectivity index (χ3n) is 2.28. The van der Waals surface area contributed by atoms with Crippen molar-refractivity contribution in [1.29, 1.82) is 0 Å². The van der Waals surface area contributed by atoms with Gasteiger partial charge in [-0.15, -0.1) is 0 Å². The fourth-order valence-corrected chi connectivity index (χ4v) is 1.47. The number of rotatable bonds is 4. The number of hydrogen-bond donors (Lipinski definition) is 0. The molecule has 0 aromatic carbocycles. The summed E-state index contributed by atoms with van der Waals surface area (Å²) in [5, 5.41) is 0. The SMILES string of the molecule is COCCc1cn2ccc(OC)cc2n1. The maximum atomic E-state index is 5.13. The van der Waals surface area contributed by atoms with Gasteiger partial charge < -0.3 is 13.9 Å². The first-order valence-corrected chi connectivity index (χ1v) is 4.84. The zero-order valence-corrected chi connectivity index (χ0v) is 8.93. The Hall–Kier alpha value is -1.55. The van der Waals surface area contributed by atoms with Gasteiger partial charge in [-0.1, -0.05) is 0 Å². The summed E-state index contributed by atoms with van der Waals surface area (Å²) in [6, 6.07) is 3.82. The zero-order chi connectivity index (χ0) is 10.7. The van der Waals surface area contributed by atoms with Crippen LogP contribution in [0.25, 0.3) is 5.65 Å². The average Bonchev–Trinajstić information content (AvgIpc) is 2.67. The highest BCUT2D eigenvalue weighted by Gasteiger charge is 2.02. The van der Waals surface area contributed by atoms with Gasteiger partial charge in [0, 0.05) is 32.0 Å². The number of pyridine rings is 1. The van der Waals surface area contributed by atoms with Crippen LogP contribution in [0.15, 0.2) is 24.5 Å². The first-order valence-electron chi connectivity index (χ1n) is 4.84. The topological polar surface area (TPSA) is 35.8 Å². The fraction of sp³-hybridized carbons (Fsp3) is 0.364. The Balaban J connectivity index is 2.29. The molecule has 0 unspecified atom stereocenters. The number of fused-ring (bicyclic) bond motifs is 1. The van der Waals surface area contributed by atoms with Gasteiger partial charge in [0.25, 0.3) is 0 Å². The van der Waals surface area contributed by atoms with Crippen molar-refractivity contribution in [2.75, 3.05) is 20.8 Å². The minimum Gasteiger partial charge on any atom is -0.497 e. The Morgan fingerprint density at radius 3 is 3.00 bits per heavy atom. The van der Waals surface area contributed by atoms with Gasteiger partial charge in [-0.25, -0.2) is 4.98 Å². The molecular weight excluding hydrogens is 192 g/mol. The smallest absolute Gasteiger partial charge is 0.140 e. The number of methoxy groups -OCH3 is 2. The molecule has 80 valence electrons. The van der Waals surface area contributed by atoms with Crippen LogP contribution in [0.2, 0.25) is 0 Å². The lowest BCUT2D eigenvalue weighted by atomic mass is 10.3. The molecule has 0 atom stereocenters. The number of ether oxygens (including phenoxy) is 2. The van der Waals surface area contributed by atoms with E-state index in [0.29, 0.717) is 6.61 Å². The molecule has 0 aliphatic carbocycles. The second-order valence-corrected chi connectivity index (χ2v) is 3.31. The first kappa shape index (κ1) is 9.98. The summed E-state index contributed by atoms with van der Waals surface area (Å²) >= 11 is 0. The third-order valence-corrected chi connectivity index (χ3v) is 2.28. The second kappa shape index (κ2) is 4.31. The highest BCUT2D eigenvalue weighted by atomic mass is 16.5. The fourth-order valence-electron chi connectivity index (χ4n) is 1.47. The van der Waals surface area contributed by atoms with E-state index < -0.39 is 0 Å². The van der Waals surface area contributed by atoms with E-state index in [9.17, 15) is 0 Å². The largest absolute Gasteiger partial charge is 0.497 e. The van der Waals surface area contributed by atoms with E-state index in [1.54, 1.807) is 14.2 Å². The molecule has 0 saturated heterocycles. The van der Waals surface area contributed by atoms with Gasteiger partial charge >= 0.3 is 0 Å². The van der Waals surface area contributed by atoms with Gasteiger partial charge in [-0.05, 0) is 6.07 Å². The number of aromatic nitrogens is 2. The van der Waals surface area contributed by atoms with Crippen LogP contribution in [0.1, 0.15) is 5.69 Å². The summed E-state index contributed by atoms with van der Waals surface area (Å²) < 4.78 is 12.1.